The van der Waals surface area contributed by atoms with Gasteiger partial charge in [0.1, 0.15) is 0 Å². The molecule has 2 N–H and O–H groups in total. The molecule has 2 fully saturated rings. The lowest BCUT2D eigenvalue weighted by Crippen LogP contribution is -2.38. The topological polar surface area (TPSA) is 35.2 Å². The minimum absolute atomic E-state index is 0.455. The van der Waals surface area contributed by atoms with E-state index in [-0.39, 0.29) is 0 Å². The van der Waals surface area contributed by atoms with Gasteiger partial charge in [0.25, 0.3) is 0 Å². The van der Waals surface area contributed by atoms with E-state index in [0.717, 1.165) is 12.5 Å². The molecule has 2 saturated carbocycles. The minimum Gasteiger partial charge on any atom is -0.375 e. The molecule has 94 valence electrons. The predicted octanol–water partition coefficient (Wildman–Crippen LogP) is 3.10. The van der Waals surface area contributed by atoms with Crippen LogP contribution in [0.25, 0.3) is 0 Å². The van der Waals surface area contributed by atoms with Crippen LogP contribution in [0.1, 0.15) is 58.3 Å². The van der Waals surface area contributed by atoms with Gasteiger partial charge < -0.3 is 10.5 Å². The van der Waals surface area contributed by atoms with Gasteiger partial charge in [-0.15, -0.1) is 0 Å². The maximum Gasteiger partial charge on any atom is 0.0621 e. The highest BCUT2D eigenvalue weighted by atomic mass is 16.5. The summed E-state index contributed by atoms with van der Waals surface area (Å²) in [6, 6.07) is 0. The van der Waals surface area contributed by atoms with Crippen molar-refractivity contribution >= 4 is 0 Å². The standard InChI is InChI=1S/C14H27NO/c1-11-7-8-12(10-15)14(9-11)16-13-5-3-2-4-6-13/h11-14H,2-10,15H2,1H3. The van der Waals surface area contributed by atoms with Crippen molar-refractivity contribution < 1.29 is 4.74 Å². The van der Waals surface area contributed by atoms with Crippen LogP contribution in [-0.4, -0.2) is 18.8 Å². The van der Waals surface area contributed by atoms with E-state index in [4.69, 9.17) is 10.5 Å². The molecule has 0 saturated heterocycles. The highest BCUT2D eigenvalue weighted by molar-refractivity contribution is 4.81. The molecule has 0 spiro atoms. The lowest BCUT2D eigenvalue weighted by Gasteiger charge is -2.37. The van der Waals surface area contributed by atoms with E-state index in [1.807, 2.05) is 0 Å². The molecule has 0 aromatic rings. The number of rotatable bonds is 3. The molecule has 2 nitrogen and oxygen atoms in total. The summed E-state index contributed by atoms with van der Waals surface area (Å²) in [4.78, 5) is 0. The van der Waals surface area contributed by atoms with Crippen molar-refractivity contribution in [3.63, 3.8) is 0 Å². The number of ether oxygens (including phenoxy) is 1. The Morgan fingerprint density at radius 1 is 1.06 bits per heavy atom. The van der Waals surface area contributed by atoms with Crippen LogP contribution >= 0.6 is 0 Å². The second kappa shape index (κ2) is 6.02. The number of hydrogen-bond donors (Lipinski definition) is 1. The molecule has 3 atom stereocenters. The Kier molecular flexibility index (Phi) is 4.66. The summed E-state index contributed by atoms with van der Waals surface area (Å²) in [6.07, 6.45) is 11.5. The third kappa shape index (κ3) is 3.21. The summed E-state index contributed by atoms with van der Waals surface area (Å²) in [5, 5.41) is 0. The largest absolute Gasteiger partial charge is 0.375 e. The van der Waals surface area contributed by atoms with Crippen molar-refractivity contribution in [2.75, 3.05) is 6.54 Å². The number of nitrogens with two attached hydrogens (primary N) is 1. The van der Waals surface area contributed by atoms with Crippen LogP contribution in [0.15, 0.2) is 0 Å². The lowest BCUT2D eigenvalue weighted by molar-refractivity contribution is -0.0785. The summed E-state index contributed by atoms with van der Waals surface area (Å²) in [7, 11) is 0. The second-order valence-electron chi connectivity index (χ2n) is 5.85. The number of hydrogen-bond acceptors (Lipinski definition) is 2. The molecular weight excluding hydrogens is 198 g/mol. The van der Waals surface area contributed by atoms with Crippen LogP contribution in [0.5, 0.6) is 0 Å². The molecule has 0 radical (unpaired) electrons. The zero-order chi connectivity index (χ0) is 11.4. The molecule has 2 aliphatic carbocycles. The fourth-order valence-corrected chi connectivity index (χ4v) is 3.28. The second-order valence-corrected chi connectivity index (χ2v) is 5.85. The first-order valence-corrected chi connectivity index (χ1v) is 7.15. The first kappa shape index (κ1) is 12.4. The van der Waals surface area contributed by atoms with E-state index in [9.17, 15) is 0 Å². The SMILES string of the molecule is CC1CCC(CN)C(OC2CCCCC2)C1. The van der Waals surface area contributed by atoms with Crippen molar-refractivity contribution in [3.05, 3.63) is 0 Å². The molecule has 0 bridgehead atoms. The lowest BCUT2D eigenvalue weighted by atomic mass is 9.80. The zero-order valence-electron chi connectivity index (χ0n) is 10.7. The molecule has 3 unspecified atom stereocenters. The van der Waals surface area contributed by atoms with Gasteiger partial charge in [0.05, 0.1) is 12.2 Å². The van der Waals surface area contributed by atoms with Gasteiger partial charge >= 0.3 is 0 Å². The highest BCUT2D eigenvalue weighted by Gasteiger charge is 2.30. The minimum atomic E-state index is 0.455. The summed E-state index contributed by atoms with van der Waals surface area (Å²) in [5.74, 6) is 1.45. The Bertz CT molecular complexity index is 201. The first-order chi connectivity index (χ1) is 7.79. The van der Waals surface area contributed by atoms with Gasteiger partial charge in [0.15, 0.2) is 0 Å². The van der Waals surface area contributed by atoms with E-state index >= 15 is 0 Å². The van der Waals surface area contributed by atoms with E-state index in [2.05, 4.69) is 6.92 Å². The van der Waals surface area contributed by atoms with Gasteiger partial charge in [-0.25, -0.2) is 0 Å². The van der Waals surface area contributed by atoms with Gasteiger partial charge in [-0.2, -0.15) is 0 Å². The van der Waals surface area contributed by atoms with Crippen molar-refractivity contribution in [3.8, 4) is 0 Å². The summed E-state index contributed by atoms with van der Waals surface area (Å²) in [5.41, 5.74) is 5.86. The molecule has 2 aliphatic rings. The highest BCUT2D eigenvalue weighted by Crippen LogP contribution is 2.33. The van der Waals surface area contributed by atoms with Gasteiger partial charge in [-0.1, -0.05) is 32.6 Å². The predicted molar refractivity (Wildman–Crippen MR) is 67.3 cm³/mol. The van der Waals surface area contributed by atoms with Crippen LogP contribution in [-0.2, 0) is 4.74 Å². The van der Waals surface area contributed by atoms with Crippen LogP contribution in [0.2, 0.25) is 0 Å². The molecule has 0 aromatic carbocycles. The molecular formula is C14H27NO. The molecule has 0 amide bonds. The van der Waals surface area contributed by atoms with E-state index in [1.54, 1.807) is 0 Å². The molecule has 0 heterocycles. The van der Waals surface area contributed by atoms with Crippen molar-refractivity contribution in [1.82, 2.24) is 0 Å². The van der Waals surface area contributed by atoms with Crippen molar-refractivity contribution in [2.45, 2.75) is 70.5 Å². The quantitative estimate of drug-likeness (QED) is 0.801. The monoisotopic (exact) mass is 225 g/mol. The molecule has 0 aliphatic heterocycles. The molecule has 2 rings (SSSR count). The zero-order valence-corrected chi connectivity index (χ0v) is 10.7. The Labute approximate surface area is 99.9 Å². The van der Waals surface area contributed by atoms with Gasteiger partial charge in [-0.05, 0) is 44.1 Å². The smallest absolute Gasteiger partial charge is 0.0621 e. The molecule has 0 aromatic heterocycles. The third-order valence-electron chi connectivity index (χ3n) is 4.41. The van der Waals surface area contributed by atoms with Gasteiger partial charge in [0.2, 0.25) is 0 Å². The van der Waals surface area contributed by atoms with Crippen molar-refractivity contribution in [2.24, 2.45) is 17.6 Å². The Morgan fingerprint density at radius 2 is 1.81 bits per heavy atom. The van der Waals surface area contributed by atoms with E-state index in [0.29, 0.717) is 18.1 Å². The molecule has 2 heteroatoms. The average Bonchev–Trinajstić information content (AvgIpc) is 2.31. The fourth-order valence-electron chi connectivity index (χ4n) is 3.28. The van der Waals surface area contributed by atoms with Crippen molar-refractivity contribution in [1.29, 1.82) is 0 Å². The van der Waals surface area contributed by atoms with Gasteiger partial charge in [0, 0.05) is 0 Å². The molecule has 16 heavy (non-hydrogen) atoms. The van der Waals surface area contributed by atoms with Crippen LogP contribution in [0.3, 0.4) is 0 Å². The van der Waals surface area contributed by atoms with Gasteiger partial charge in [-0.3, -0.25) is 0 Å². The average molecular weight is 225 g/mol. The summed E-state index contributed by atoms with van der Waals surface area (Å²) >= 11 is 0. The Hall–Kier alpha value is -0.0800. The summed E-state index contributed by atoms with van der Waals surface area (Å²) in [6.45, 7) is 3.16. The van der Waals surface area contributed by atoms with Crippen LogP contribution in [0, 0.1) is 11.8 Å². The van der Waals surface area contributed by atoms with E-state index in [1.165, 1.54) is 51.4 Å². The Balaban J connectivity index is 1.84. The third-order valence-corrected chi connectivity index (χ3v) is 4.41. The maximum atomic E-state index is 6.33. The first-order valence-electron chi connectivity index (χ1n) is 7.15. The Morgan fingerprint density at radius 3 is 2.50 bits per heavy atom. The maximum absolute atomic E-state index is 6.33. The van der Waals surface area contributed by atoms with Crippen LogP contribution < -0.4 is 5.73 Å². The normalized spacial score (nSPS) is 37.5. The fraction of sp³-hybridized carbons (Fsp3) is 1.00. The summed E-state index contributed by atoms with van der Waals surface area (Å²) < 4.78 is 6.33. The van der Waals surface area contributed by atoms with Crippen LogP contribution in [0.4, 0.5) is 0 Å². The van der Waals surface area contributed by atoms with E-state index < -0.39 is 0 Å².